The summed E-state index contributed by atoms with van der Waals surface area (Å²) in [6, 6.07) is 10.5. The van der Waals surface area contributed by atoms with Crippen molar-refractivity contribution in [3.63, 3.8) is 0 Å². The number of ether oxygens (including phenoxy) is 4. The molecule has 0 unspecified atom stereocenters. The maximum atomic E-state index is 13.7. The lowest BCUT2D eigenvalue weighted by Gasteiger charge is -2.36. The van der Waals surface area contributed by atoms with Crippen molar-refractivity contribution >= 4 is 16.7 Å². The lowest BCUT2D eigenvalue weighted by atomic mass is 10.0. The smallest absolute Gasteiger partial charge is 0.418 e. The molecular weight excluding hydrogens is 509 g/mol. The van der Waals surface area contributed by atoms with Gasteiger partial charge in [0.05, 0.1) is 12.2 Å². The highest BCUT2D eigenvalue weighted by Crippen LogP contribution is 2.35. The topological polar surface area (TPSA) is 54.0 Å². The first-order valence-corrected chi connectivity index (χ1v) is 14.5. The Bertz CT molecular complexity index is 1010. The predicted molar refractivity (Wildman–Crippen MR) is 146 cm³/mol. The van der Waals surface area contributed by atoms with Gasteiger partial charge < -0.3 is 18.9 Å². The van der Waals surface area contributed by atoms with E-state index in [9.17, 15) is 18.0 Å². The lowest BCUT2D eigenvalue weighted by Crippen LogP contribution is -2.50. The van der Waals surface area contributed by atoms with Crippen LogP contribution in [-0.4, -0.2) is 43.9 Å². The third-order valence-corrected chi connectivity index (χ3v) is 7.02. The maximum Gasteiger partial charge on any atom is 0.418 e. The Morgan fingerprint density at radius 3 is 2.23 bits per heavy atom. The highest BCUT2D eigenvalue weighted by Gasteiger charge is 2.51. The van der Waals surface area contributed by atoms with E-state index in [1.54, 1.807) is 18.2 Å². The number of unbranched alkanes of at least 4 members (excludes halogenated alkanes) is 8. The van der Waals surface area contributed by atoms with Crippen LogP contribution in [-0.2, 0) is 14.2 Å². The Hall–Kier alpha value is -2.32. The minimum absolute atomic E-state index is 0.0163. The zero-order valence-electron chi connectivity index (χ0n) is 23.3. The van der Waals surface area contributed by atoms with E-state index in [-0.39, 0.29) is 18.4 Å². The molecule has 0 radical (unpaired) electrons. The fourth-order valence-electron chi connectivity index (χ4n) is 4.76. The zero-order valence-corrected chi connectivity index (χ0v) is 23.3. The normalized spacial score (nSPS) is 19.8. The number of hydrogen-bond acceptors (Lipinski definition) is 5. The van der Waals surface area contributed by atoms with Gasteiger partial charge in [-0.25, -0.2) is 4.79 Å². The summed E-state index contributed by atoms with van der Waals surface area (Å²) in [6.07, 6.45) is 1.96. The summed E-state index contributed by atoms with van der Waals surface area (Å²) < 4.78 is 63.2. The number of halogens is 3. The number of esters is 1. The average molecular weight is 553 g/mol. The van der Waals surface area contributed by atoms with E-state index in [0.29, 0.717) is 13.2 Å². The Labute approximate surface area is 230 Å². The van der Waals surface area contributed by atoms with Gasteiger partial charge in [-0.05, 0) is 54.3 Å². The Kier molecular flexibility index (Phi) is 12.9. The van der Waals surface area contributed by atoms with Crippen molar-refractivity contribution in [1.82, 2.24) is 0 Å². The summed E-state index contributed by atoms with van der Waals surface area (Å²) in [4.78, 5) is 12.8. The van der Waals surface area contributed by atoms with Gasteiger partial charge in [-0.2, -0.15) is 13.2 Å². The van der Waals surface area contributed by atoms with Gasteiger partial charge in [0.25, 0.3) is 0 Å². The molecule has 5 nitrogen and oxygen atoms in total. The molecule has 1 aliphatic rings. The van der Waals surface area contributed by atoms with E-state index in [0.717, 1.165) is 55.0 Å². The van der Waals surface area contributed by atoms with E-state index in [2.05, 4.69) is 13.8 Å². The van der Waals surface area contributed by atoms with Crippen LogP contribution in [0.3, 0.4) is 0 Å². The number of rotatable bonds is 16. The van der Waals surface area contributed by atoms with Gasteiger partial charge in [-0.1, -0.05) is 77.3 Å². The van der Waals surface area contributed by atoms with Crippen LogP contribution in [0.25, 0.3) is 10.8 Å². The number of benzene rings is 2. The van der Waals surface area contributed by atoms with Gasteiger partial charge in [0, 0.05) is 13.0 Å². The molecule has 1 heterocycles. The Morgan fingerprint density at radius 1 is 0.846 bits per heavy atom. The molecule has 3 atom stereocenters. The summed E-state index contributed by atoms with van der Waals surface area (Å²) in [5, 5.41) is 1.65. The number of hydrogen-bond donors (Lipinski definition) is 0. The van der Waals surface area contributed by atoms with Crippen molar-refractivity contribution in [2.75, 3.05) is 13.2 Å². The zero-order chi connectivity index (χ0) is 28.1. The fraction of sp³-hybridized carbons (Fsp3) is 0.645. The second-order valence-corrected chi connectivity index (χ2v) is 10.3. The van der Waals surface area contributed by atoms with E-state index in [1.807, 2.05) is 18.2 Å². The number of carbonyl (C=O) groups is 1. The van der Waals surface area contributed by atoms with E-state index < -0.39 is 30.6 Å². The second-order valence-electron chi connectivity index (χ2n) is 10.3. The van der Waals surface area contributed by atoms with Crippen LogP contribution in [0.4, 0.5) is 13.2 Å². The third kappa shape index (κ3) is 10.3. The van der Waals surface area contributed by atoms with Crippen molar-refractivity contribution in [1.29, 1.82) is 0 Å². The van der Waals surface area contributed by atoms with Gasteiger partial charge in [-0.3, -0.25) is 0 Å². The summed E-state index contributed by atoms with van der Waals surface area (Å²) in [5.41, 5.74) is 0.193. The predicted octanol–water partition coefficient (Wildman–Crippen LogP) is 8.77. The summed E-state index contributed by atoms with van der Waals surface area (Å²) in [6.45, 7) is 5.28. The molecule has 0 bridgehead atoms. The van der Waals surface area contributed by atoms with Crippen LogP contribution >= 0.6 is 0 Å². The van der Waals surface area contributed by atoms with Gasteiger partial charge in [0.15, 0.2) is 12.4 Å². The van der Waals surface area contributed by atoms with Crippen LogP contribution in [0.15, 0.2) is 36.4 Å². The first-order valence-electron chi connectivity index (χ1n) is 14.5. The van der Waals surface area contributed by atoms with Crippen LogP contribution < -0.4 is 4.74 Å². The molecule has 2 aromatic carbocycles. The molecule has 0 aromatic heterocycles. The third-order valence-electron chi connectivity index (χ3n) is 7.02. The van der Waals surface area contributed by atoms with Crippen molar-refractivity contribution < 1.29 is 36.9 Å². The number of fused-ring (bicyclic) bond motifs is 1. The highest BCUT2D eigenvalue weighted by molar-refractivity contribution is 5.95. The van der Waals surface area contributed by atoms with Crippen molar-refractivity contribution in [3.8, 4) is 5.75 Å². The van der Waals surface area contributed by atoms with E-state index in [1.165, 1.54) is 25.7 Å². The first kappa shape index (κ1) is 31.2. The molecule has 0 saturated carbocycles. The molecule has 1 fully saturated rings. The largest absolute Gasteiger partial charge is 0.494 e. The van der Waals surface area contributed by atoms with Crippen LogP contribution in [0.2, 0.25) is 0 Å². The molecule has 3 rings (SSSR count). The molecule has 8 heteroatoms. The van der Waals surface area contributed by atoms with Crippen molar-refractivity contribution in [2.45, 2.75) is 116 Å². The summed E-state index contributed by atoms with van der Waals surface area (Å²) in [5.74, 6) is -0.0528. The maximum absolute atomic E-state index is 13.7. The monoisotopic (exact) mass is 552 g/mol. The molecule has 0 aliphatic carbocycles. The van der Waals surface area contributed by atoms with Gasteiger partial charge in [-0.15, -0.1) is 0 Å². The van der Waals surface area contributed by atoms with Crippen molar-refractivity contribution in [2.24, 2.45) is 0 Å². The second kappa shape index (κ2) is 16.1. The minimum atomic E-state index is -4.68. The average Bonchev–Trinajstić information content (AvgIpc) is 2.92. The van der Waals surface area contributed by atoms with Crippen LogP contribution in [0.1, 0.15) is 101 Å². The van der Waals surface area contributed by atoms with Crippen molar-refractivity contribution in [3.05, 3.63) is 42.0 Å². The molecular formula is C31H43F3O5. The molecule has 0 amide bonds. The summed E-state index contributed by atoms with van der Waals surface area (Å²) in [7, 11) is 0. The van der Waals surface area contributed by atoms with Crippen LogP contribution in [0, 0.1) is 0 Å². The van der Waals surface area contributed by atoms with E-state index >= 15 is 0 Å². The first-order chi connectivity index (χ1) is 18.8. The van der Waals surface area contributed by atoms with Crippen LogP contribution in [0.5, 0.6) is 5.75 Å². The van der Waals surface area contributed by atoms with E-state index in [4.69, 9.17) is 18.9 Å². The molecule has 1 aliphatic heterocycles. The molecule has 2 aromatic rings. The quantitative estimate of drug-likeness (QED) is 0.154. The van der Waals surface area contributed by atoms with Gasteiger partial charge >= 0.3 is 12.1 Å². The lowest BCUT2D eigenvalue weighted by molar-refractivity contribution is -0.311. The van der Waals surface area contributed by atoms with Gasteiger partial charge in [0.1, 0.15) is 11.9 Å². The fourth-order valence-corrected chi connectivity index (χ4v) is 4.76. The van der Waals surface area contributed by atoms with Gasteiger partial charge in [0.2, 0.25) is 0 Å². The molecule has 218 valence electrons. The standard InChI is InChI=1S/C31H43F3O5/c1-3-5-7-9-10-12-19-36-26-16-15-23-21-25(14-13-24(23)22-26)30(35)38-27-17-18-28(37-20-11-8-6-4-2)39-29(27)31(32,33)34/h13-16,21-22,27-29H,3-12,17-20H2,1-2H3/t27-,28+,29-/m0/s1. The molecule has 0 N–H and O–H groups in total. The SMILES string of the molecule is CCCCCCCCOc1ccc2cc(C(=O)O[C@H]3CC[C@H](OCCCCCC)O[C@@H]3C(F)(F)F)ccc2c1. The molecule has 0 spiro atoms. The highest BCUT2D eigenvalue weighted by atomic mass is 19.4. The number of carbonyl (C=O) groups excluding carboxylic acids is 1. The Balaban J connectivity index is 1.53. The minimum Gasteiger partial charge on any atom is -0.494 e. The summed E-state index contributed by atoms with van der Waals surface area (Å²) >= 11 is 0. The molecule has 1 saturated heterocycles. The Morgan fingerprint density at radius 2 is 1.49 bits per heavy atom. The molecule has 39 heavy (non-hydrogen) atoms. The number of alkyl halides is 3.